The van der Waals surface area contributed by atoms with Crippen LogP contribution in [0.25, 0.3) is 43.6 Å². The van der Waals surface area contributed by atoms with Crippen LogP contribution in [0.2, 0.25) is 0 Å². The molecule has 0 bridgehead atoms. The maximum absolute atomic E-state index is 14.4. The fourth-order valence-corrected chi connectivity index (χ4v) is 7.05. The lowest BCUT2D eigenvalue weighted by Crippen LogP contribution is -2.56. The molecule has 0 radical (unpaired) electrons. The van der Waals surface area contributed by atoms with Gasteiger partial charge in [0.05, 0.1) is 39.8 Å². The summed E-state index contributed by atoms with van der Waals surface area (Å²) in [6, 6.07) is 17.0. The van der Waals surface area contributed by atoms with Crippen LogP contribution in [0, 0.1) is 6.92 Å². The number of carbonyl (C=O) groups is 2. The number of nitrogens with zero attached hydrogens (tertiary/aromatic N) is 2. The van der Waals surface area contributed by atoms with Gasteiger partial charge in [-0.05, 0) is 24.6 Å². The summed E-state index contributed by atoms with van der Waals surface area (Å²) >= 11 is 0. The van der Waals surface area contributed by atoms with Crippen molar-refractivity contribution in [2.75, 3.05) is 6.61 Å². The number of aryl methyl sites for hydroxylation is 1. The molecule has 1 saturated heterocycles. The largest absolute Gasteiger partial charge is 0.506 e. The highest BCUT2D eigenvalue weighted by Gasteiger charge is 2.47. The first-order valence-electron chi connectivity index (χ1n) is 15.1. The number of phenolic OH excluding ortho intramolecular Hbond substituents is 2. The molecule has 0 spiro atoms. The molecule has 6 aromatic rings. The van der Waals surface area contributed by atoms with E-state index in [1.165, 1.54) is 16.7 Å². The standard InChI is InChI=1S/C34H30N4O9/c1-14-8-10-15(11-9-14)12-35-38-32(45)23-21-16-4-2-6-18(40)25(16)36-26(21)28-22(24(23)33(38)46)17-5-3-7-19(41)27(17)37(28)34-31(44)30(43)29(42)20(13-39)47-34/h2-11,20,29-31,34-36,39-44H,12-13H2,1H3/t20-,29-,30+,31-,34-/m1/s1. The molecule has 4 heterocycles. The van der Waals surface area contributed by atoms with Crippen molar-refractivity contribution in [1.82, 2.24) is 20.0 Å². The van der Waals surface area contributed by atoms with Gasteiger partial charge in [0, 0.05) is 28.1 Å². The molecule has 13 heteroatoms. The van der Waals surface area contributed by atoms with Crippen molar-refractivity contribution in [3.63, 3.8) is 0 Å². The van der Waals surface area contributed by atoms with E-state index < -0.39 is 49.1 Å². The van der Waals surface area contributed by atoms with Crippen molar-refractivity contribution in [3.05, 3.63) is 82.9 Å². The SMILES string of the molecule is Cc1ccc(CNN2C(=O)c3c(c4c5cccc(O)c5n([C@@H]5O[C@H](CO)[C@@H](O)[C@H](O)[C@H]5O)c4c4[nH]c5c(O)cccc5c34)C2=O)cc1. The Balaban J connectivity index is 1.46. The Hall–Kier alpha value is -5.02. The normalized spacial score (nSPS) is 23.2. The van der Waals surface area contributed by atoms with Crippen molar-refractivity contribution < 1.29 is 45.0 Å². The van der Waals surface area contributed by atoms with Crippen LogP contribution in [0.1, 0.15) is 38.1 Å². The van der Waals surface area contributed by atoms with Gasteiger partial charge in [-0.3, -0.25) is 9.59 Å². The van der Waals surface area contributed by atoms with Gasteiger partial charge in [0.2, 0.25) is 0 Å². The number of aromatic nitrogens is 2. The van der Waals surface area contributed by atoms with Gasteiger partial charge in [0.1, 0.15) is 35.9 Å². The van der Waals surface area contributed by atoms with E-state index in [4.69, 9.17) is 4.74 Å². The quantitative estimate of drug-likeness (QED) is 0.130. The number of aliphatic hydroxyl groups is 4. The molecule has 8 rings (SSSR count). The molecule has 8 N–H and O–H groups in total. The molecule has 0 saturated carbocycles. The van der Waals surface area contributed by atoms with Crippen LogP contribution < -0.4 is 5.43 Å². The molecule has 240 valence electrons. The number of phenols is 2. The first kappa shape index (κ1) is 29.4. The molecular weight excluding hydrogens is 608 g/mol. The highest BCUT2D eigenvalue weighted by Crippen LogP contribution is 2.49. The van der Waals surface area contributed by atoms with Gasteiger partial charge >= 0.3 is 0 Å². The molecule has 0 unspecified atom stereocenters. The van der Waals surface area contributed by atoms with Gasteiger partial charge < -0.3 is 44.9 Å². The Labute approximate surface area is 265 Å². The number of H-pyrrole nitrogens is 1. The molecule has 5 atom stereocenters. The van der Waals surface area contributed by atoms with Crippen molar-refractivity contribution in [2.24, 2.45) is 0 Å². The molecule has 2 aliphatic rings. The van der Waals surface area contributed by atoms with Crippen LogP contribution in [0.5, 0.6) is 11.5 Å². The number of nitrogens with one attached hydrogen (secondary N) is 2. The maximum Gasteiger partial charge on any atom is 0.276 e. The second-order valence-electron chi connectivity index (χ2n) is 12.1. The molecule has 47 heavy (non-hydrogen) atoms. The molecule has 2 aromatic heterocycles. The van der Waals surface area contributed by atoms with E-state index in [-0.39, 0.29) is 56.6 Å². The number of aliphatic hydroxyl groups excluding tert-OH is 4. The Morgan fingerprint density at radius 2 is 1.45 bits per heavy atom. The van der Waals surface area contributed by atoms with Gasteiger partial charge in [-0.1, -0.05) is 54.1 Å². The number of rotatable bonds is 5. The summed E-state index contributed by atoms with van der Waals surface area (Å²) in [5.74, 6) is -1.66. The van der Waals surface area contributed by atoms with Crippen molar-refractivity contribution in [2.45, 2.75) is 44.1 Å². The van der Waals surface area contributed by atoms with Gasteiger partial charge in [0.15, 0.2) is 6.23 Å². The minimum Gasteiger partial charge on any atom is -0.506 e. The van der Waals surface area contributed by atoms with Gasteiger partial charge in [-0.25, -0.2) is 10.4 Å². The lowest BCUT2D eigenvalue weighted by atomic mass is 9.96. The number of para-hydroxylation sites is 2. The average molecular weight is 639 g/mol. The second-order valence-corrected chi connectivity index (χ2v) is 12.1. The second kappa shape index (κ2) is 10.5. The number of amides is 2. The summed E-state index contributed by atoms with van der Waals surface area (Å²) in [7, 11) is 0. The van der Waals surface area contributed by atoms with E-state index in [1.807, 2.05) is 31.2 Å². The molecule has 2 amide bonds. The predicted octanol–water partition coefficient (Wildman–Crippen LogP) is 2.42. The Morgan fingerprint density at radius 3 is 2.15 bits per heavy atom. The zero-order valence-corrected chi connectivity index (χ0v) is 24.9. The first-order chi connectivity index (χ1) is 22.6. The summed E-state index contributed by atoms with van der Waals surface area (Å²) in [5, 5.41) is 66.9. The van der Waals surface area contributed by atoms with Crippen LogP contribution in [0.4, 0.5) is 0 Å². The number of aromatic hydroxyl groups is 2. The smallest absolute Gasteiger partial charge is 0.276 e. The molecule has 4 aromatic carbocycles. The Bertz CT molecular complexity index is 2270. The fraction of sp³-hybridized carbons (Fsp3) is 0.235. The lowest BCUT2D eigenvalue weighted by molar-refractivity contribution is -0.249. The Morgan fingerprint density at radius 1 is 0.787 bits per heavy atom. The number of hydrogen-bond acceptors (Lipinski definition) is 10. The van der Waals surface area contributed by atoms with E-state index in [1.54, 1.807) is 24.3 Å². The van der Waals surface area contributed by atoms with E-state index in [0.29, 0.717) is 16.2 Å². The van der Waals surface area contributed by atoms with Gasteiger partial charge in [0.25, 0.3) is 11.8 Å². The number of hydrogen-bond donors (Lipinski definition) is 8. The highest BCUT2D eigenvalue weighted by atomic mass is 16.6. The fourth-order valence-electron chi connectivity index (χ4n) is 7.05. The number of aromatic amines is 1. The third-order valence-corrected chi connectivity index (χ3v) is 9.32. The molecular formula is C34H30N4O9. The minimum absolute atomic E-state index is 0.0251. The number of hydrazine groups is 1. The van der Waals surface area contributed by atoms with Crippen molar-refractivity contribution in [3.8, 4) is 11.5 Å². The monoisotopic (exact) mass is 638 g/mol. The third kappa shape index (κ3) is 4.05. The van der Waals surface area contributed by atoms with Crippen molar-refractivity contribution >= 4 is 55.4 Å². The summed E-state index contributed by atoms with van der Waals surface area (Å²) in [5.41, 5.74) is 5.84. The molecule has 1 fully saturated rings. The van der Waals surface area contributed by atoms with Crippen LogP contribution in [-0.4, -0.2) is 88.0 Å². The number of ether oxygens (including phenoxy) is 1. The van der Waals surface area contributed by atoms with E-state index in [2.05, 4.69) is 10.4 Å². The minimum atomic E-state index is -1.75. The number of imide groups is 1. The number of fused-ring (bicyclic) bond motifs is 10. The van der Waals surface area contributed by atoms with Crippen LogP contribution in [-0.2, 0) is 11.3 Å². The predicted molar refractivity (Wildman–Crippen MR) is 170 cm³/mol. The summed E-state index contributed by atoms with van der Waals surface area (Å²) in [4.78, 5) is 31.8. The van der Waals surface area contributed by atoms with Crippen LogP contribution >= 0.6 is 0 Å². The van der Waals surface area contributed by atoms with E-state index >= 15 is 0 Å². The molecule has 2 aliphatic heterocycles. The lowest BCUT2D eigenvalue weighted by Gasteiger charge is -2.41. The van der Waals surface area contributed by atoms with Crippen LogP contribution in [0.3, 0.4) is 0 Å². The topological polar surface area (TPSA) is 201 Å². The number of benzene rings is 4. The molecule has 0 aliphatic carbocycles. The Kier molecular flexibility index (Phi) is 6.57. The van der Waals surface area contributed by atoms with Gasteiger partial charge in [-0.15, -0.1) is 0 Å². The first-order valence-corrected chi connectivity index (χ1v) is 15.1. The zero-order valence-electron chi connectivity index (χ0n) is 24.9. The summed E-state index contributed by atoms with van der Waals surface area (Å²) < 4.78 is 7.38. The van der Waals surface area contributed by atoms with Crippen molar-refractivity contribution in [1.29, 1.82) is 0 Å². The van der Waals surface area contributed by atoms with Gasteiger partial charge in [-0.2, -0.15) is 0 Å². The number of carbonyl (C=O) groups excluding carboxylic acids is 2. The van der Waals surface area contributed by atoms with E-state index in [9.17, 15) is 40.2 Å². The van der Waals surface area contributed by atoms with Crippen LogP contribution in [0.15, 0.2) is 60.7 Å². The summed E-state index contributed by atoms with van der Waals surface area (Å²) in [6.45, 7) is 1.43. The molecule has 13 nitrogen and oxygen atoms in total. The maximum atomic E-state index is 14.4. The zero-order chi connectivity index (χ0) is 32.9. The average Bonchev–Trinajstić information content (AvgIpc) is 3.69. The van der Waals surface area contributed by atoms with E-state index in [0.717, 1.165) is 16.1 Å². The third-order valence-electron chi connectivity index (χ3n) is 9.32. The highest BCUT2D eigenvalue weighted by molar-refractivity contribution is 6.39. The summed E-state index contributed by atoms with van der Waals surface area (Å²) in [6.07, 6.45) is -7.90.